The largest absolute Gasteiger partial charge is 0.228 e. The number of hydrogen-bond donors (Lipinski definition) is 0. The summed E-state index contributed by atoms with van der Waals surface area (Å²) in [4.78, 5) is 0. The number of rotatable bonds is 0. The molecule has 2 nitrogen and oxygen atoms in total. The van der Waals surface area contributed by atoms with E-state index in [1.54, 1.807) is 0 Å². The molecule has 1 aliphatic heterocycles. The molecule has 0 amide bonds. The molecule has 0 N–H and O–H groups in total. The van der Waals surface area contributed by atoms with Gasteiger partial charge in [0.05, 0.1) is 11.5 Å². The maximum Gasteiger partial charge on any atom is 0.158 e. The smallest absolute Gasteiger partial charge is 0.158 e. The molecule has 0 bridgehead atoms. The van der Waals surface area contributed by atoms with Gasteiger partial charge in [-0.05, 0) is 23.3 Å². The summed E-state index contributed by atoms with van der Waals surface area (Å²) in [6.45, 7) is 0. The third kappa shape index (κ3) is 1.22. The van der Waals surface area contributed by atoms with Crippen LogP contribution in [0.25, 0.3) is 0 Å². The van der Waals surface area contributed by atoms with Crippen LogP contribution < -0.4 is 0 Å². The van der Waals surface area contributed by atoms with Gasteiger partial charge in [0.2, 0.25) is 0 Å². The molecular formula is C8H7FO2S. The Morgan fingerprint density at radius 2 is 1.83 bits per heavy atom. The van der Waals surface area contributed by atoms with Gasteiger partial charge in [-0.1, -0.05) is 6.07 Å². The van der Waals surface area contributed by atoms with Gasteiger partial charge in [0.25, 0.3) is 0 Å². The molecule has 4 heteroatoms. The molecule has 0 atom stereocenters. The maximum atomic E-state index is 12.6. The minimum atomic E-state index is -2.99. The lowest BCUT2D eigenvalue weighted by Gasteiger charge is -1.93. The first-order valence-corrected chi connectivity index (χ1v) is 5.37. The molecule has 0 radical (unpaired) electrons. The topological polar surface area (TPSA) is 34.1 Å². The van der Waals surface area contributed by atoms with Gasteiger partial charge in [-0.3, -0.25) is 0 Å². The molecule has 1 aromatic carbocycles. The molecule has 2 rings (SSSR count). The highest BCUT2D eigenvalue weighted by Crippen LogP contribution is 2.25. The van der Waals surface area contributed by atoms with Crippen LogP contribution in [0, 0.1) is 5.82 Å². The molecule has 0 aliphatic carbocycles. The first-order chi connectivity index (χ1) is 5.57. The lowest BCUT2D eigenvalue weighted by atomic mass is 10.1. The van der Waals surface area contributed by atoms with Crippen LogP contribution in [0.4, 0.5) is 4.39 Å². The van der Waals surface area contributed by atoms with Gasteiger partial charge >= 0.3 is 0 Å². The summed E-state index contributed by atoms with van der Waals surface area (Å²) in [7, 11) is -2.99. The Morgan fingerprint density at radius 3 is 2.58 bits per heavy atom. The normalized spacial score (nSPS) is 19.1. The second-order valence-electron chi connectivity index (χ2n) is 2.95. The molecule has 1 heterocycles. The number of fused-ring (bicyclic) bond motifs is 1. The minimum Gasteiger partial charge on any atom is -0.228 e. The average molecular weight is 186 g/mol. The van der Waals surface area contributed by atoms with E-state index < -0.39 is 9.84 Å². The van der Waals surface area contributed by atoms with Crippen LogP contribution in [0.3, 0.4) is 0 Å². The molecule has 1 aliphatic rings. The van der Waals surface area contributed by atoms with E-state index in [1.807, 2.05) is 0 Å². The summed E-state index contributed by atoms with van der Waals surface area (Å²) in [6.07, 6.45) is 0. The van der Waals surface area contributed by atoms with E-state index in [4.69, 9.17) is 0 Å². The van der Waals surface area contributed by atoms with E-state index in [1.165, 1.54) is 18.2 Å². The van der Waals surface area contributed by atoms with Crippen molar-refractivity contribution in [2.24, 2.45) is 0 Å². The Labute approximate surface area is 69.9 Å². The average Bonchev–Trinajstić information content (AvgIpc) is 2.21. The summed E-state index contributed by atoms with van der Waals surface area (Å²) in [6, 6.07) is 4.12. The Morgan fingerprint density at radius 1 is 1.17 bits per heavy atom. The van der Waals surface area contributed by atoms with Gasteiger partial charge in [-0.25, -0.2) is 12.8 Å². The van der Waals surface area contributed by atoms with Crippen LogP contribution in [0.15, 0.2) is 18.2 Å². The summed E-state index contributed by atoms with van der Waals surface area (Å²) in [5.74, 6) is -0.325. The predicted octanol–water partition coefficient (Wildman–Crippen LogP) is 1.25. The standard InChI is InChI=1S/C8H7FO2S/c9-8-2-1-6-4-12(10,11)5-7(6)3-8/h1-3H,4-5H2. The van der Waals surface area contributed by atoms with Gasteiger partial charge in [0.15, 0.2) is 9.84 Å². The lowest BCUT2D eigenvalue weighted by Crippen LogP contribution is -1.95. The SMILES string of the molecule is O=S1(=O)Cc2ccc(F)cc2C1. The first-order valence-electron chi connectivity index (χ1n) is 3.54. The van der Waals surface area contributed by atoms with E-state index in [9.17, 15) is 12.8 Å². The first kappa shape index (κ1) is 7.73. The van der Waals surface area contributed by atoms with Crippen LogP contribution in [0.2, 0.25) is 0 Å². The summed E-state index contributed by atoms with van der Waals surface area (Å²) < 4.78 is 34.8. The van der Waals surface area contributed by atoms with Crippen molar-refractivity contribution >= 4 is 9.84 Å². The molecule has 64 valence electrons. The highest BCUT2D eigenvalue weighted by atomic mass is 32.2. The van der Waals surface area contributed by atoms with Crippen molar-refractivity contribution in [3.63, 3.8) is 0 Å². The Hall–Kier alpha value is -0.900. The molecule has 0 fully saturated rings. The highest BCUT2D eigenvalue weighted by molar-refractivity contribution is 7.90. The molecule has 0 spiro atoms. The van der Waals surface area contributed by atoms with Crippen molar-refractivity contribution in [1.82, 2.24) is 0 Å². The lowest BCUT2D eigenvalue weighted by molar-refractivity contribution is 0.598. The van der Waals surface area contributed by atoms with Crippen LogP contribution in [-0.4, -0.2) is 8.42 Å². The van der Waals surface area contributed by atoms with Gasteiger partial charge in [-0.2, -0.15) is 0 Å². The molecular weight excluding hydrogens is 179 g/mol. The van der Waals surface area contributed by atoms with Gasteiger partial charge in [0.1, 0.15) is 5.82 Å². The zero-order valence-electron chi connectivity index (χ0n) is 6.25. The van der Waals surface area contributed by atoms with Crippen LogP contribution >= 0.6 is 0 Å². The number of hydrogen-bond acceptors (Lipinski definition) is 2. The molecule has 0 unspecified atom stereocenters. The van der Waals surface area contributed by atoms with E-state index in [0.717, 1.165) is 5.56 Å². The van der Waals surface area contributed by atoms with E-state index >= 15 is 0 Å². The summed E-state index contributed by atoms with van der Waals surface area (Å²) >= 11 is 0. The van der Waals surface area contributed by atoms with Crippen molar-refractivity contribution in [1.29, 1.82) is 0 Å². The number of sulfone groups is 1. The molecule has 12 heavy (non-hydrogen) atoms. The van der Waals surface area contributed by atoms with Crippen molar-refractivity contribution < 1.29 is 12.8 Å². The monoisotopic (exact) mass is 186 g/mol. The fraction of sp³-hybridized carbons (Fsp3) is 0.250. The second-order valence-corrected chi connectivity index (χ2v) is 5.01. The van der Waals surface area contributed by atoms with Crippen LogP contribution in [-0.2, 0) is 21.3 Å². The van der Waals surface area contributed by atoms with E-state index in [0.29, 0.717) is 5.56 Å². The van der Waals surface area contributed by atoms with E-state index in [2.05, 4.69) is 0 Å². The zero-order valence-corrected chi connectivity index (χ0v) is 7.07. The number of halogens is 1. The summed E-state index contributed by atoms with van der Waals surface area (Å²) in [5, 5.41) is 0. The fourth-order valence-corrected chi connectivity index (χ4v) is 2.99. The zero-order chi connectivity index (χ0) is 8.77. The van der Waals surface area contributed by atoms with Crippen LogP contribution in [0.5, 0.6) is 0 Å². The third-order valence-electron chi connectivity index (χ3n) is 1.92. The predicted molar refractivity (Wildman–Crippen MR) is 42.7 cm³/mol. The Bertz CT molecular complexity index is 423. The maximum absolute atomic E-state index is 12.6. The van der Waals surface area contributed by atoms with Crippen molar-refractivity contribution in [2.75, 3.05) is 0 Å². The van der Waals surface area contributed by atoms with E-state index in [-0.39, 0.29) is 17.3 Å². The highest BCUT2D eigenvalue weighted by Gasteiger charge is 2.24. The van der Waals surface area contributed by atoms with Gasteiger partial charge in [0, 0.05) is 0 Å². The molecule has 0 saturated carbocycles. The molecule has 0 aromatic heterocycles. The Kier molecular flexibility index (Phi) is 1.48. The van der Waals surface area contributed by atoms with Crippen molar-refractivity contribution in [3.8, 4) is 0 Å². The third-order valence-corrected chi connectivity index (χ3v) is 3.42. The van der Waals surface area contributed by atoms with Gasteiger partial charge in [-0.15, -0.1) is 0 Å². The van der Waals surface area contributed by atoms with Crippen LogP contribution in [0.1, 0.15) is 11.1 Å². The quantitative estimate of drug-likeness (QED) is 0.611. The van der Waals surface area contributed by atoms with Crippen molar-refractivity contribution in [2.45, 2.75) is 11.5 Å². The van der Waals surface area contributed by atoms with Crippen molar-refractivity contribution in [3.05, 3.63) is 35.1 Å². The Balaban J connectivity index is 2.56. The molecule has 1 aromatic rings. The van der Waals surface area contributed by atoms with Gasteiger partial charge < -0.3 is 0 Å². The second kappa shape index (κ2) is 2.29. The molecule has 0 saturated heterocycles. The number of benzene rings is 1. The minimum absolute atomic E-state index is 0.0138. The fourth-order valence-electron chi connectivity index (χ4n) is 1.39. The summed E-state index contributed by atoms with van der Waals surface area (Å²) in [5.41, 5.74) is 1.34.